The van der Waals surface area contributed by atoms with Crippen LogP contribution in [-0.4, -0.2) is 19.7 Å². The number of halogens is 1. The van der Waals surface area contributed by atoms with E-state index in [2.05, 4.69) is 15.1 Å². The molecule has 0 radical (unpaired) electrons. The first-order valence-electron chi connectivity index (χ1n) is 6.25. The summed E-state index contributed by atoms with van der Waals surface area (Å²) in [5.41, 5.74) is 2.73. The molecular weight excluding hydrogens is 255 g/mol. The van der Waals surface area contributed by atoms with Crippen molar-refractivity contribution < 1.29 is 4.39 Å². The zero-order valence-electron chi connectivity index (χ0n) is 11.2. The van der Waals surface area contributed by atoms with Crippen molar-refractivity contribution in [1.82, 2.24) is 19.7 Å². The minimum Gasteiger partial charge on any atom is -0.238 e. The van der Waals surface area contributed by atoms with Gasteiger partial charge in [0.15, 0.2) is 5.82 Å². The van der Waals surface area contributed by atoms with Crippen molar-refractivity contribution in [3.63, 3.8) is 0 Å². The Kier molecular flexibility index (Phi) is 3.02. The summed E-state index contributed by atoms with van der Waals surface area (Å²) in [7, 11) is 0. The Morgan fingerprint density at radius 1 is 1.00 bits per heavy atom. The predicted molar refractivity (Wildman–Crippen MR) is 74.0 cm³/mol. The predicted octanol–water partition coefficient (Wildman–Crippen LogP) is 3.09. The maximum atomic E-state index is 12.9. The second-order valence-electron chi connectivity index (χ2n) is 4.60. The maximum absolute atomic E-state index is 12.9. The fraction of sp³-hybridized carbons (Fsp3) is 0.133. The number of benzene rings is 1. The van der Waals surface area contributed by atoms with E-state index in [1.807, 2.05) is 26.1 Å². The summed E-state index contributed by atoms with van der Waals surface area (Å²) >= 11 is 0. The van der Waals surface area contributed by atoms with Gasteiger partial charge in [-0.2, -0.15) is 5.10 Å². The highest BCUT2D eigenvalue weighted by molar-refractivity contribution is 5.61. The Bertz CT molecular complexity index is 727. The highest BCUT2D eigenvalue weighted by Crippen LogP contribution is 2.20. The zero-order valence-corrected chi connectivity index (χ0v) is 11.2. The third-order valence-electron chi connectivity index (χ3n) is 2.95. The molecule has 0 N–H and O–H groups in total. The zero-order chi connectivity index (χ0) is 14.1. The summed E-state index contributed by atoms with van der Waals surface area (Å²) in [5.74, 6) is 1.19. The maximum Gasteiger partial charge on any atom is 0.157 e. The topological polar surface area (TPSA) is 43.6 Å². The van der Waals surface area contributed by atoms with E-state index in [4.69, 9.17) is 0 Å². The molecule has 1 aromatic carbocycles. The van der Waals surface area contributed by atoms with Gasteiger partial charge < -0.3 is 0 Å². The summed E-state index contributed by atoms with van der Waals surface area (Å²) in [5, 5.41) is 4.30. The SMILES string of the molecule is Cc1cc(-n2cc(-c3ccc(F)cc3)cn2)nc(C)n1. The molecule has 0 spiro atoms. The van der Waals surface area contributed by atoms with E-state index >= 15 is 0 Å². The van der Waals surface area contributed by atoms with Crippen molar-refractivity contribution in [3.05, 3.63) is 60.1 Å². The van der Waals surface area contributed by atoms with Crippen LogP contribution < -0.4 is 0 Å². The normalized spacial score (nSPS) is 10.8. The van der Waals surface area contributed by atoms with Crippen molar-refractivity contribution in [2.75, 3.05) is 0 Å². The van der Waals surface area contributed by atoms with Gasteiger partial charge in [-0.3, -0.25) is 0 Å². The molecular formula is C15H13FN4. The molecule has 2 aromatic heterocycles. The van der Waals surface area contributed by atoms with Crippen LogP contribution in [0, 0.1) is 19.7 Å². The third-order valence-corrected chi connectivity index (χ3v) is 2.95. The van der Waals surface area contributed by atoms with Crippen LogP contribution in [-0.2, 0) is 0 Å². The number of hydrogen-bond donors (Lipinski definition) is 0. The summed E-state index contributed by atoms with van der Waals surface area (Å²) < 4.78 is 14.6. The highest BCUT2D eigenvalue weighted by atomic mass is 19.1. The van der Waals surface area contributed by atoms with Crippen LogP contribution in [0.2, 0.25) is 0 Å². The van der Waals surface area contributed by atoms with E-state index in [9.17, 15) is 4.39 Å². The fourth-order valence-corrected chi connectivity index (χ4v) is 2.05. The molecule has 0 aliphatic carbocycles. The van der Waals surface area contributed by atoms with E-state index < -0.39 is 0 Å². The Hall–Kier alpha value is -2.56. The first-order chi connectivity index (χ1) is 9.61. The first kappa shape index (κ1) is 12.5. The van der Waals surface area contributed by atoms with Gasteiger partial charge in [-0.05, 0) is 31.5 Å². The van der Waals surface area contributed by atoms with Gasteiger partial charge in [0.25, 0.3) is 0 Å². The first-order valence-corrected chi connectivity index (χ1v) is 6.25. The van der Waals surface area contributed by atoms with Gasteiger partial charge in [0.05, 0.1) is 6.20 Å². The third kappa shape index (κ3) is 2.42. The lowest BCUT2D eigenvalue weighted by molar-refractivity contribution is 0.628. The second kappa shape index (κ2) is 4.85. The molecule has 0 saturated heterocycles. The van der Waals surface area contributed by atoms with Gasteiger partial charge in [0.1, 0.15) is 11.6 Å². The molecule has 0 fully saturated rings. The molecule has 100 valence electrons. The monoisotopic (exact) mass is 268 g/mol. The van der Waals surface area contributed by atoms with Crippen LogP contribution >= 0.6 is 0 Å². The molecule has 0 bridgehead atoms. The summed E-state index contributed by atoms with van der Waals surface area (Å²) in [4.78, 5) is 8.60. The molecule has 20 heavy (non-hydrogen) atoms. The van der Waals surface area contributed by atoms with E-state index in [0.717, 1.165) is 22.6 Å². The largest absolute Gasteiger partial charge is 0.238 e. The second-order valence-corrected chi connectivity index (χ2v) is 4.60. The van der Waals surface area contributed by atoms with Crippen LogP contribution in [0.5, 0.6) is 0 Å². The average molecular weight is 268 g/mol. The number of nitrogens with zero attached hydrogens (tertiary/aromatic N) is 4. The van der Waals surface area contributed by atoms with E-state index in [1.54, 1.807) is 23.0 Å². The van der Waals surface area contributed by atoms with Gasteiger partial charge in [-0.1, -0.05) is 12.1 Å². The molecule has 0 aliphatic rings. The molecule has 3 rings (SSSR count). The van der Waals surface area contributed by atoms with Gasteiger partial charge in [-0.25, -0.2) is 19.0 Å². The van der Waals surface area contributed by atoms with E-state index in [1.165, 1.54) is 12.1 Å². The molecule has 0 unspecified atom stereocenters. The number of hydrogen-bond acceptors (Lipinski definition) is 3. The van der Waals surface area contributed by atoms with Crippen molar-refractivity contribution in [2.24, 2.45) is 0 Å². The van der Waals surface area contributed by atoms with Crippen molar-refractivity contribution in [3.8, 4) is 16.9 Å². The van der Waals surface area contributed by atoms with Crippen LogP contribution in [0.4, 0.5) is 4.39 Å². The van der Waals surface area contributed by atoms with Crippen molar-refractivity contribution in [1.29, 1.82) is 0 Å². The number of rotatable bonds is 2. The Balaban J connectivity index is 1.99. The molecule has 0 atom stereocenters. The minimum atomic E-state index is -0.247. The smallest absolute Gasteiger partial charge is 0.157 e. The van der Waals surface area contributed by atoms with Crippen LogP contribution in [0.1, 0.15) is 11.5 Å². The lowest BCUT2D eigenvalue weighted by atomic mass is 10.1. The standard InChI is InChI=1S/C15H13FN4/c1-10-7-15(19-11(2)18-10)20-9-13(8-17-20)12-3-5-14(16)6-4-12/h3-9H,1-2H3. The lowest BCUT2D eigenvalue weighted by Crippen LogP contribution is -2.02. The van der Waals surface area contributed by atoms with Crippen LogP contribution in [0.15, 0.2) is 42.7 Å². The molecule has 4 nitrogen and oxygen atoms in total. The van der Waals surface area contributed by atoms with Crippen LogP contribution in [0.3, 0.4) is 0 Å². The Morgan fingerprint density at radius 3 is 2.45 bits per heavy atom. The minimum absolute atomic E-state index is 0.247. The van der Waals surface area contributed by atoms with Gasteiger partial charge in [-0.15, -0.1) is 0 Å². The summed E-state index contributed by atoms with van der Waals surface area (Å²) in [6, 6.07) is 8.20. The molecule has 2 heterocycles. The average Bonchev–Trinajstić information content (AvgIpc) is 2.88. The van der Waals surface area contributed by atoms with Gasteiger partial charge in [0, 0.05) is 23.5 Å². The molecule has 0 saturated carbocycles. The van der Waals surface area contributed by atoms with Gasteiger partial charge in [0.2, 0.25) is 0 Å². The van der Waals surface area contributed by atoms with Crippen LogP contribution in [0.25, 0.3) is 16.9 Å². The summed E-state index contributed by atoms with van der Waals surface area (Å²) in [6.45, 7) is 3.77. The molecule has 0 aliphatic heterocycles. The quantitative estimate of drug-likeness (QED) is 0.717. The Morgan fingerprint density at radius 2 is 1.75 bits per heavy atom. The van der Waals surface area contributed by atoms with Crippen molar-refractivity contribution >= 4 is 0 Å². The number of aryl methyl sites for hydroxylation is 2. The molecule has 3 aromatic rings. The fourth-order valence-electron chi connectivity index (χ4n) is 2.05. The number of aromatic nitrogens is 4. The van der Waals surface area contributed by atoms with E-state index in [-0.39, 0.29) is 5.82 Å². The highest BCUT2D eigenvalue weighted by Gasteiger charge is 2.06. The van der Waals surface area contributed by atoms with Crippen molar-refractivity contribution in [2.45, 2.75) is 13.8 Å². The molecule has 5 heteroatoms. The van der Waals surface area contributed by atoms with E-state index in [0.29, 0.717) is 5.82 Å². The Labute approximate surface area is 115 Å². The lowest BCUT2D eigenvalue weighted by Gasteiger charge is -2.02. The van der Waals surface area contributed by atoms with Gasteiger partial charge >= 0.3 is 0 Å². The summed E-state index contributed by atoms with van der Waals surface area (Å²) in [6.07, 6.45) is 3.61. The molecule has 0 amide bonds.